The summed E-state index contributed by atoms with van der Waals surface area (Å²) >= 11 is 0. The summed E-state index contributed by atoms with van der Waals surface area (Å²) in [4.78, 5) is 36.7. The largest absolute Gasteiger partial charge is 0.472 e. The number of unbranched alkanes of at least 4 members (excludes halogenated alkanes) is 19. The number of hydrogen-bond donors (Lipinski definition) is 2. The van der Waals surface area contributed by atoms with Gasteiger partial charge >= 0.3 is 19.8 Å². The molecule has 0 amide bonds. The van der Waals surface area contributed by atoms with Crippen LogP contribution in [-0.2, 0) is 38.2 Å². The van der Waals surface area contributed by atoms with Crippen molar-refractivity contribution in [2.45, 2.75) is 192 Å². The number of carbonyl (C=O) groups excluding carboxylic acids is 2. The lowest BCUT2D eigenvalue weighted by Gasteiger charge is -2.37. The number of allylic oxidation sites excluding steroid dienone is 6. The molecule has 0 bridgehead atoms. The van der Waals surface area contributed by atoms with Crippen molar-refractivity contribution in [1.82, 2.24) is 5.32 Å². The molecule has 3 aromatic rings. The lowest BCUT2D eigenvalue weighted by atomic mass is 9.77. The summed E-state index contributed by atoms with van der Waals surface area (Å²) in [6.07, 6.45) is 39.9. The highest BCUT2D eigenvalue weighted by molar-refractivity contribution is 7.47. The molecule has 2 N–H and O–H groups in total. The number of benzene rings is 3. The number of nitrogens with one attached hydrogen (secondary N) is 1. The van der Waals surface area contributed by atoms with E-state index in [2.05, 4.69) is 92.0 Å². The van der Waals surface area contributed by atoms with Crippen molar-refractivity contribution in [1.29, 1.82) is 0 Å². The molecule has 3 rings (SSSR count). The van der Waals surface area contributed by atoms with Gasteiger partial charge in [0, 0.05) is 19.4 Å². The monoisotopic (exact) mass is 984 g/mol. The van der Waals surface area contributed by atoms with Crippen molar-refractivity contribution in [2.24, 2.45) is 0 Å². The molecule has 388 valence electrons. The Kier molecular flexibility index (Phi) is 34.0. The molecule has 0 aliphatic rings. The normalized spacial score (nSPS) is 13.3. The van der Waals surface area contributed by atoms with Crippen LogP contribution in [0.1, 0.15) is 197 Å². The van der Waals surface area contributed by atoms with Crippen LogP contribution in [0.3, 0.4) is 0 Å². The van der Waals surface area contributed by atoms with Crippen LogP contribution in [0.5, 0.6) is 0 Å². The highest BCUT2D eigenvalue weighted by atomic mass is 31.2. The van der Waals surface area contributed by atoms with Crippen molar-refractivity contribution in [3.63, 3.8) is 0 Å². The summed E-state index contributed by atoms with van der Waals surface area (Å²) in [5.74, 6) is -0.870. The molecule has 70 heavy (non-hydrogen) atoms. The van der Waals surface area contributed by atoms with E-state index < -0.39 is 38.0 Å². The van der Waals surface area contributed by atoms with Crippen LogP contribution in [0.25, 0.3) is 0 Å². The molecule has 0 aliphatic carbocycles. The van der Waals surface area contributed by atoms with Gasteiger partial charge in [0.15, 0.2) is 6.10 Å². The number of phosphoric acid groups is 1. The van der Waals surface area contributed by atoms with Crippen molar-refractivity contribution < 1.29 is 37.6 Å². The Morgan fingerprint density at radius 3 is 1.41 bits per heavy atom. The van der Waals surface area contributed by atoms with Crippen molar-refractivity contribution in [3.8, 4) is 0 Å². The van der Waals surface area contributed by atoms with Gasteiger partial charge in [0.25, 0.3) is 0 Å². The molecule has 0 spiro atoms. The Balaban J connectivity index is 1.46. The fourth-order valence-corrected chi connectivity index (χ4v) is 9.28. The molecule has 0 heterocycles. The lowest BCUT2D eigenvalue weighted by Crippen LogP contribution is -2.46. The highest BCUT2D eigenvalue weighted by Crippen LogP contribution is 2.43. The van der Waals surface area contributed by atoms with Gasteiger partial charge in [-0.15, -0.1) is 0 Å². The molecule has 2 atom stereocenters. The molecule has 0 saturated heterocycles. The fourth-order valence-electron chi connectivity index (χ4n) is 8.52. The maximum Gasteiger partial charge on any atom is 0.472 e. The highest BCUT2D eigenvalue weighted by Gasteiger charge is 2.36. The third-order valence-electron chi connectivity index (χ3n) is 12.5. The van der Waals surface area contributed by atoms with Crippen molar-refractivity contribution in [3.05, 3.63) is 144 Å². The van der Waals surface area contributed by atoms with E-state index in [1.165, 1.54) is 64.2 Å². The Morgan fingerprint density at radius 2 is 0.929 bits per heavy atom. The first-order valence-corrected chi connectivity index (χ1v) is 28.6. The van der Waals surface area contributed by atoms with Gasteiger partial charge in [-0.3, -0.25) is 24.0 Å². The zero-order valence-corrected chi connectivity index (χ0v) is 44.1. The van der Waals surface area contributed by atoms with Crippen LogP contribution in [0, 0.1) is 0 Å². The first-order chi connectivity index (χ1) is 34.3. The summed E-state index contributed by atoms with van der Waals surface area (Å²) < 4.78 is 35.4. The van der Waals surface area contributed by atoms with Gasteiger partial charge < -0.3 is 14.4 Å². The molecule has 3 aromatic carbocycles. The molecule has 10 heteroatoms. The summed E-state index contributed by atoms with van der Waals surface area (Å²) in [5.41, 5.74) is 2.19. The van der Waals surface area contributed by atoms with E-state index in [9.17, 15) is 19.0 Å². The molecule has 1 unspecified atom stereocenters. The second-order valence-corrected chi connectivity index (χ2v) is 19.9. The van der Waals surface area contributed by atoms with Gasteiger partial charge in [-0.05, 0) is 87.3 Å². The van der Waals surface area contributed by atoms with E-state index in [1.54, 1.807) is 0 Å². The second kappa shape index (κ2) is 39.5. The molecule has 0 radical (unpaired) electrons. The molecule has 0 aliphatic heterocycles. The summed E-state index contributed by atoms with van der Waals surface area (Å²) in [5, 5.41) is 3.63. The SMILES string of the molecule is CCCCCC=CCC=CCCCCCCCC(=O)O[C@H](COC(=O)CCCCCCCC=CCCCCCCCC)COP(=O)(O)OCCNC(c1ccccc1)(c1ccccc1)c1ccccc1. The minimum absolute atomic E-state index is 0.162. The van der Waals surface area contributed by atoms with Crippen LogP contribution in [0.15, 0.2) is 127 Å². The Bertz CT molecular complexity index is 1790. The van der Waals surface area contributed by atoms with E-state index >= 15 is 0 Å². The molecular weight excluding hydrogens is 894 g/mol. The van der Waals surface area contributed by atoms with Crippen LogP contribution >= 0.6 is 7.82 Å². The summed E-state index contributed by atoms with van der Waals surface area (Å²) in [7, 11) is -4.62. The van der Waals surface area contributed by atoms with Crippen LogP contribution in [0.2, 0.25) is 0 Å². The Labute approximate surface area is 423 Å². The number of rotatable bonds is 43. The topological polar surface area (TPSA) is 120 Å². The maximum atomic E-state index is 13.3. The fraction of sp³-hybridized carbons (Fsp3) is 0.567. The average molecular weight is 984 g/mol. The van der Waals surface area contributed by atoms with E-state index in [4.69, 9.17) is 18.5 Å². The van der Waals surface area contributed by atoms with Gasteiger partial charge in [-0.2, -0.15) is 0 Å². The van der Waals surface area contributed by atoms with Crippen LogP contribution in [0.4, 0.5) is 0 Å². The third kappa shape index (κ3) is 27.5. The predicted molar refractivity (Wildman–Crippen MR) is 289 cm³/mol. The van der Waals surface area contributed by atoms with Gasteiger partial charge in [0.2, 0.25) is 0 Å². The minimum Gasteiger partial charge on any atom is -0.462 e. The number of carbonyl (C=O) groups is 2. The number of ether oxygens (including phenoxy) is 2. The van der Waals surface area contributed by atoms with E-state index in [-0.39, 0.29) is 32.6 Å². The number of esters is 2. The van der Waals surface area contributed by atoms with Gasteiger partial charge in [0.05, 0.1) is 18.8 Å². The zero-order chi connectivity index (χ0) is 50.1. The van der Waals surface area contributed by atoms with Gasteiger partial charge in [0.1, 0.15) is 6.61 Å². The smallest absolute Gasteiger partial charge is 0.462 e. The zero-order valence-electron chi connectivity index (χ0n) is 43.2. The number of hydrogen-bond acceptors (Lipinski definition) is 8. The van der Waals surface area contributed by atoms with E-state index in [0.29, 0.717) is 12.8 Å². The molecule has 9 nitrogen and oxygen atoms in total. The van der Waals surface area contributed by atoms with Crippen LogP contribution < -0.4 is 5.32 Å². The Morgan fingerprint density at radius 1 is 0.529 bits per heavy atom. The van der Waals surface area contributed by atoms with E-state index in [1.807, 2.05) is 54.6 Å². The first-order valence-electron chi connectivity index (χ1n) is 27.1. The summed E-state index contributed by atoms with van der Waals surface area (Å²) in [6.45, 7) is 3.74. The lowest BCUT2D eigenvalue weighted by molar-refractivity contribution is -0.161. The van der Waals surface area contributed by atoms with Gasteiger partial charge in [-0.25, -0.2) is 4.57 Å². The van der Waals surface area contributed by atoms with Crippen molar-refractivity contribution in [2.75, 3.05) is 26.4 Å². The first kappa shape index (κ1) is 60.2. The maximum absolute atomic E-state index is 13.3. The molecule has 0 aromatic heterocycles. The quantitative estimate of drug-likeness (QED) is 0.0188. The van der Waals surface area contributed by atoms with E-state index in [0.717, 1.165) is 93.7 Å². The molecular formula is C60H90NO8P. The van der Waals surface area contributed by atoms with Gasteiger partial charge in [-0.1, -0.05) is 225 Å². The average Bonchev–Trinajstić information content (AvgIpc) is 3.38. The minimum atomic E-state index is -4.62. The van der Waals surface area contributed by atoms with Crippen LogP contribution in [-0.4, -0.2) is 49.3 Å². The Hall–Kier alpha value is -4.11. The third-order valence-corrected chi connectivity index (χ3v) is 13.5. The standard InChI is InChI=1S/C60H90NO8P/c1-3-5-7-9-11-13-15-17-19-21-23-25-27-29-40-48-58(62)66-52-57(69-59(63)49-41-30-28-26-24-22-20-18-16-14-12-10-8-6-4-2)53-68-70(64,65)67-51-50-61-60(54-42-34-31-35-43-54,55-44-36-32-37-45-55)56-46-38-33-39-47-56/h12,14,17-20,31-39,42-47,57,61H,3-11,13,15-16,21-30,40-41,48-53H2,1-2H3,(H,64,65)/t57-/m1/s1. The van der Waals surface area contributed by atoms with Crippen molar-refractivity contribution >= 4 is 19.8 Å². The molecule has 0 saturated carbocycles. The second-order valence-electron chi connectivity index (χ2n) is 18.5. The summed E-state index contributed by atoms with van der Waals surface area (Å²) in [6, 6.07) is 30.1. The number of phosphoric ester groups is 1. The predicted octanol–water partition coefficient (Wildman–Crippen LogP) is 16.0. The molecule has 0 fully saturated rings.